The predicted octanol–water partition coefficient (Wildman–Crippen LogP) is 2.61. The van der Waals surface area contributed by atoms with Crippen LogP contribution in [0.3, 0.4) is 0 Å². The molecule has 0 fully saturated rings. The van der Waals surface area contributed by atoms with Crippen LogP contribution < -0.4 is 4.72 Å². The minimum atomic E-state index is -4.30. The Morgan fingerprint density at radius 2 is 1.71 bits per heavy atom. The van der Waals surface area contributed by atoms with Gasteiger partial charge in [0.2, 0.25) is 0 Å². The molecule has 2 aromatic rings. The highest BCUT2D eigenvalue weighted by atomic mass is 32.2. The lowest BCUT2D eigenvalue weighted by atomic mass is 10.2. The zero-order valence-corrected chi connectivity index (χ0v) is 13.5. The summed E-state index contributed by atoms with van der Waals surface area (Å²) in [5.41, 5.74) is -0.633. The molecule has 0 spiro atoms. The van der Waals surface area contributed by atoms with E-state index in [1.54, 1.807) is 0 Å². The molecule has 2 aromatic carbocycles. The molecule has 0 bridgehead atoms. The molecule has 128 valence electrons. The first-order valence-corrected chi connectivity index (χ1v) is 8.10. The molecule has 0 atom stereocenters. The SMILES string of the molecule is CN(C)C(=O)c1cccc(S(=O)(=O)Nc2ccc(F)c(F)c2F)c1. The molecule has 24 heavy (non-hydrogen) atoms. The van der Waals surface area contributed by atoms with Crippen LogP contribution in [0.15, 0.2) is 41.3 Å². The van der Waals surface area contributed by atoms with Gasteiger partial charge < -0.3 is 4.90 Å². The van der Waals surface area contributed by atoms with Crippen LogP contribution in [0.1, 0.15) is 10.4 Å². The first-order valence-electron chi connectivity index (χ1n) is 6.61. The Balaban J connectivity index is 2.40. The molecular weight excluding hydrogens is 345 g/mol. The molecule has 0 heterocycles. The lowest BCUT2D eigenvalue weighted by Gasteiger charge is -2.13. The maximum absolute atomic E-state index is 13.6. The second-order valence-corrected chi connectivity index (χ2v) is 6.74. The van der Waals surface area contributed by atoms with Gasteiger partial charge in [-0.3, -0.25) is 9.52 Å². The van der Waals surface area contributed by atoms with E-state index in [1.807, 2.05) is 4.72 Å². The number of nitrogens with one attached hydrogen (secondary N) is 1. The minimum absolute atomic E-state index is 0.105. The Kier molecular flexibility index (Phi) is 4.83. The number of benzene rings is 2. The van der Waals surface area contributed by atoms with E-state index in [4.69, 9.17) is 0 Å². The summed E-state index contributed by atoms with van der Waals surface area (Å²) in [6.45, 7) is 0. The highest BCUT2D eigenvalue weighted by Gasteiger charge is 2.21. The number of hydrogen-bond donors (Lipinski definition) is 1. The summed E-state index contributed by atoms with van der Waals surface area (Å²) in [6, 6.07) is 6.41. The Morgan fingerprint density at radius 1 is 1.04 bits per heavy atom. The molecule has 0 saturated carbocycles. The van der Waals surface area contributed by atoms with Crippen molar-refractivity contribution in [3.05, 3.63) is 59.4 Å². The van der Waals surface area contributed by atoms with Crippen LogP contribution in [-0.4, -0.2) is 33.3 Å². The number of carbonyl (C=O) groups is 1. The van der Waals surface area contributed by atoms with Crippen molar-refractivity contribution in [1.29, 1.82) is 0 Å². The van der Waals surface area contributed by atoms with Crippen molar-refractivity contribution in [3.8, 4) is 0 Å². The van der Waals surface area contributed by atoms with Crippen molar-refractivity contribution in [3.63, 3.8) is 0 Å². The van der Waals surface area contributed by atoms with E-state index in [-0.39, 0.29) is 10.5 Å². The molecule has 1 N–H and O–H groups in total. The Hall–Kier alpha value is -2.55. The molecule has 0 aliphatic carbocycles. The van der Waals surface area contributed by atoms with E-state index in [2.05, 4.69) is 0 Å². The van der Waals surface area contributed by atoms with Crippen molar-refractivity contribution in [1.82, 2.24) is 4.90 Å². The van der Waals surface area contributed by atoms with Crippen molar-refractivity contribution in [2.45, 2.75) is 4.90 Å². The third-order valence-corrected chi connectivity index (χ3v) is 4.44. The van der Waals surface area contributed by atoms with Gasteiger partial charge in [0.25, 0.3) is 15.9 Å². The smallest absolute Gasteiger partial charge is 0.262 e. The number of rotatable bonds is 4. The van der Waals surface area contributed by atoms with Gasteiger partial charge in [-0.25, -0.2) is 21.6 Å². The van der Waals surface area contributed by atoms with Gasteiger partial charge in [-0.2, -0.15) is 0 Å². The number of nitrogens with zero attached hydrogens (tertiary/aromatic N) is 1. The van der Waals surface area contributed by atoms with Crippen LogP contribution in [0.4, 0.5) is 18.9 Å². The fourth-order valence-corrected chi connectivity index (χ4v) is 2.97. The molecule has 0 aliphatic rings. The van der Waals surface area contributed by atoms with E-state index in [0.717, 1.165) is 12.1 Å². The lowest BCUT2D eigenvalue weighted by molar-refractivity contribution is 0.0827. The first-order chi connectivity index (χ1) is 11.1. The Bertz CT molecular complexity index is 899. The van der Waals surface area contributed by atoms with E-state index in [0.29, 0.717) is 6.07 Å². The van der Waals surface area contributed by atoms with Crippen LogP contribution >= 0.6 is 0 Å². The second kappa shape index (κ2) is 6.52. The summed E-state index contributed by atoms with van der Waals surface area (Å²) in [7, 11) is -1.30. The second-order valence-electron chi connectivity index (χ2n) is 5.06. The van der Waals surface area contributed by atoms with Gasteiger partial charge >= 0.3 is 0 Å². The fourth-order valence-electron chi connectivity index (χ4n) is 1.86. The van der Waals surface area contributed by atoms with Gasteiger partial charge in [0.1, 0.15) is 0 Å². The van der Waals surface area contributed by atoms with Gasteiger partial charge in [-0.1, -0.05) is 6.07 Å². The molecule has 0 unspecified atom stereocenters. The summed E-state index contributed by atoms with van der Waals surface area (Å²) < 4.78 is 66.1. The van der Waals surface area contributed by atoms with Crippen LogP contribution in [0.5, 0.6) is 0 Å². The Morgan fingerprint density at radius 3 is 2.33 bits per heavy atom. The van der Waals surface area contributed by atoms with Gasteiger partial charge in [-0.15, -0.1) is 0 Å². The van der Waals surface area contributed by atoms with Crippen molar-refractivity contribution in [2.75, 3.05) is 18.8 Å². The third-order valence-electron chi connectivity index (χ3n) is 3.08. The largest absolute Gasteiger partial charge is 0.345 e. The van der Waals surface area contributed by atoms with Crippen LogP contribution in [0, 0.1) is 17.5 Å². The van der Waals surface area contributed by atoms with Gasteiger partial charge in [0, 0.05) is 19.7 Å². The summed E-state index contributed by atoms with van der Waals surface area (Å²) in [6.07, 6.45) is 0. The maximum Gasteiger partial charge on any atom is 0.262 e. The zero-order valence-electron chi connectivity index (χ0n) is 12.7. The molecule has 1 amide bonds. The zero-order chi connectivity index (χ0) is 18.1. The minimum Gasteiger partial charge on any atom is -0.345 e. The summed E-state index contributed by atoms with van der Waals surface area (Å²) in [4.78, 5) is 12.8. The number of halogens is 3. The normalized spacial score (nSPS) is 11.2. The molecular formula is C15H13F3N2O3S. The number of sulfonamides is 1. The summed E-state index contributed by atoms with van der Waals surface area (Å²) in [5, 5.41) is 0. The first kappa shape index (κ1) is 17.8. The standard InChI is InChI=1S/C15H13F3N2O3S/c1-20(2)15(21)9-4-3-5-10(8-9)24(22,23)19-12-7-6-11(16)13(17)14(12)18/h3-8,19H,1-2H3. The number of carbonyl (C=O) groups excluding carboxylic acids is 1. The highest BCUT2D eigenvalue weighted by Crippen LogP contribution is 2.23. The molecule has 5 nitrogen and oxygen atoms in total. The fraction of sp³-hybridized carbons (Fsp3) is 0.133. The van der Waals surface area contributed by atoms with E-state index >= 15 is 0 Å². The number of hydrogen-bond acceptors (Lipinski definition) is 3. The average molecular weight is 358 g/mol. The molecule has 9 heteroatoms. The quantitative estimate of drug-likeness (QED) is 0.855. The van der Waals surface area contributed by atoms with E-state index < -0.39 is 39.1 Å². The van der Waals surface area contributed by atoms with Gasteiger partial charge in [-0.05, 0) is 30.3 Å². The van der Waals surface area contributed by atoms with Crippen molar-refractivity contribution >= 4 is 21.6 Å². The molecule has 0 aliphatic heterocycles. The predicted molar refractivity (Wildman–Crippen MR) is 81.6 cm³/mol. The van der Waals surface area contributed by atoms with Crippen molar-refractivity contribution in [2.24, 2.45) is 0 Å². The van der Waals surface area contributed by atoms with E-state index in [9.17, 15) is 26.4 Å². The lowest BCUT2D eigenvalue weighted by Crippen LogP contribution is -2.22. The van der Waals surface area contributed by atoms with Gasteiger partial charge in [0.05, 0.1) is 10.6 Å². The summed E-state index contributed by atoms with van der Waals surface area (Å²) >= 11 is 0. The molecule has 2 rings (SSSR count). The highest BCUT2D eigenvalue weighted by molar-refractivity contribution is 7.92. The average Bonchev–Trinajstić information content (AvgIpc) is 2.54. The summed E-state index contributed by atoms with van der Waals surface area (Å²) in [5.74, 6) is -5.30. The van der Waals surface area contributed by atoms with Crippen molar-refractivity contribution < 1.29 is 26.4 Å². The molecule has 0 saturated heterocycles. The molecule has 0 aromatic heterocycles. The number of amides is 1. The van der Waals surface area contributed by atoms with Crippen LogP contribution in [-0.2, 0) is 10.0 Å². The maximum atomic E-state index is 13.6. The van der Waals surface area contributed by atoms with E-state index in [1.165, 1.54) is 37.2 Å². The Labute approximate surface area is 136 Å². The topological polar surface area (TPSA) is 66.5 Å². The monoisotopic (exact) mass is 358 g/mol. The molecule has 0 radical (unpaired) electrons. The van der Waals surface area contributed by atoms with Gasteiger partial charge in [0.15, 0.2) is 17.5 Å². The third kappa shape index (κ3) is 3.51. The van der Waals surface area contributed by atoms with Crippen LogP contribution in [0.2, 0.25) is 0 Å². The number of anilines is 1. The van der Waals surface area contributed by atoms with Crippen LogP contribution in [0.25, 0.3) is 0 Å².